The van der Waals surface area contributed by atoms with E-state index in [-0.39, 0.29) is 5.56 Å². The maximum atomic E-state index is 12.5. The van der Waals surface area contributed by atoms with Gasteiger partial charge in [0.1, 0.15) is 17.2 Å². The fraction of sp³-hybridized carbons (Fsp3) is 0.0556. The fourth-order valence-corrected chi connectivity index (χ4v) is 2.05. The number of benzene rings is 1. The molecule has 3 aromatic rings. The summed E-state index contributed by atoms with van der Waals surface area (Å²) in [5.74, 6) is 0.618. The zero-order valence-corrected chi connectivity index (χ0v) is 13.2. The lowest BCUT2D eigenvalue weighted by Gasteiger charge is -2.09. The molecule has 1 aromatic carbocycles. The van der Waals surface area contributed by atoms with Gasteiger partial charge in [0.25, 0.3) is 5.91 Å². The Balaban J connectivity index is 1.64. The number of rotatable bonds is 4. The number of carbonyl (C=O) groups is 1. The van der Waals surface area contributed by atoms with Crippen LogP contribution in [0.3, 0.4) is 0 Å². The summed E-state index contributed by atoms with van der Waals surface area (Å²) in [6.07, 6.45) is -0.456. The van der Waals surface area contributed by atoms with Crippen LogP contribution in [0.2, 0.25) is 0 Å². The number of aromatic nitrogens is 2. The smallest absolute Gasteiger partial charge is 0.433 e. The van der Waals surface area contributed by atoms with Crippen molar-refractivity contribution in [1.82, 2.24) is 9.97 Å². The molecule has 3 rings (SSSR count). The Bertz CT molecular complexity index is 880. The number of amides is 1. The molecule has 0 atom stereocenters. The van der Waals surface area contributed by atoms with Crippen molar-refractivity contribution in [2.45, 2.75) is 6.18 Å². The highest BCUT2D eigenvalue weighted by atomic mass is 19.4. The summed E-state index contributed by atoms with van der Waals surface area (Å²) >= 11 is 0. The maximum absolute atomic E-state index is 12.5. The first-order chi connectivity index (χ1) is 12.4. The molecule has 8 heteroatoms. The first-order valence-corrected chi connectivity index (χ1v) is 7.44. The Labute approximate surface area is 146 Å². The van der Waals surface area contributed by atoms with Gasteiger partial charge in [0.15, 0.2) is 0 Å². The SMILES string of the molecule is O=C(Nc1ccc(Oc2ccncc2)cc1)c1ccc(C(F)(F)F)nc1. The minimum atomic E-state index is -4.54. The summed E-state index contributed by atoms with van der Waals surface area (Å²) in [6.45, 7) is 0. The van der Waals surface area contributed by atoms with Gasteiger partial charge < -0.3 is 10.1 Å². The average Bonchev–Trinajstić information content (AvgIpc) is 2.63. The molecule has 5 nitrogen and oxygen atoms in total. The summed E-state index contributed by atoms with van der Waals surface area (Å²) < 4.78 is 43.0. The van der Waals surface area contributed by atoms with Gasteiger partial charge in [0, 0.05) is 24.3 Å². The summed E-state index contributed by atoms with van der Waals surface area (Å²) in [7, 11) is 0. The molecule has 132 valence electrons. The van der Waals surface area contributed by atoms with E-state index in [1.165, 1.54) is 0 Å². The number of nitrogens with one attached hydrogen (secondary N) is 1. The molecule has 0 unspecified atom stereocenters. The number of ether oxygens (including phenoxy) is 1. The van der Waals surface area contributed by atoms with Crippen molar-refractivity contribution in [2.24, 2.45) is 0 Å². The van der Waals surface area contributed by atoms with E-state index >= 15 is 0 Å². The molecule has 0 saturated carbocycles. The predicted molar refractivity (Wildman–Crippen MR) is 87.9 cm³/mol. The van der Waals surface area contributed by atoms with Crippen LogP contribution in [-0.2, 0) is 6.18 Å². The molecule has 0 aliphatic heterocycles. The van der Waals surface area contributed by atoms with Crippen LogP contribution < -0.4 is 10.1 Å². The number of halogens is 3. The molecule has 1 amide bonds. The van der Waals surface area contributed by atoms with Gasteiger partial charge in [0.2, 0.25) is 0 Å². The highest BCUT2D eigenvalue weighted by Gasteiger charge is 2.32. The summed E-state index contributed by atoms with van der Waals surface area (Å²) in [5, 5.41) is 2.58. The Morgan fingerprint density at radius 1 is 0.923 bits per heavy atom. The van der Waals surface area contributed by atoms with E-state index in [4.69, 9.17) is 4.74 Å². The van der Waals surface area contributed by atoms with Gasteiger partial charge >= 0.3 is 6.18 Å². The lowest BCUT2D eigenvalue weighted by atomic mass is 10.2. The second-order valence-corrected chi connectivity index (χ2v) is 5.19. The van der Waals surface area contributed by atoms with Crippen molar-refractivity contribution in [3.8, 4) is 11.5 Å². The van der Waals surface area contributed by atoms with Crippen LogP contribution in [0.1, 0.15) is 16.1 Å². The summed E-state index contributed by atoms with van der Waals surface area (Å²) in [4.78, 5) is 19.2. The van der Waals surface area contributed by atoms with Gasteiger partial charge in [0.05, 0.1) is 5.56 Å². The second-order valence-electron chi connectivity index (χ2n) is 5.19. The van der Waals surface area contributed by atoms with Crippen LogP contribution in [0.15, 0.2) is 67.1 Å². The van der Waals surface area contributed by atoms with E-state index < -0.39 is 17.8 Å². The van der Waals surface area contributed by atoms with E-state index in [0.717, 1.165) is 18.3 Å². The van der Waals surface area contributed by atoms with Gasteiger partial charge in [-0.25, -0.2) is 0 Å². The Hall–Kier alpha value is -3.42. The quantitative estimate of drug-likeness (QED) is 0.743. The third-order valence-electron chi connectivity index (χ3n) is 3.31. The fourth-order valence-electron chi connectivity index (χ4n) is 2.05. The molecule has 0 fully saturated rings. The van der Waals surface area contributed by atoms with E-state index in [0.29, 0.717) is 17.2 Å². The first-order valence-electron chi connectivity index (χ1n) is 7.44. The van der Waals surface area contributed by atoms with E-state index in [2.05, 4.69) is 15.3 Å². The molecule has 0 radical (unpaired) electrons. The van der Waals surface area contributed by atoms with Crippen molar-refractivity contribution in [3.05, 3.63) is 78.4 Å². The van der Waals surface area contributed by atoms with E-state index in [9.17, 15) is 18.0 Å². The van der Waals surface area contributed by atoms with Crippen LogP contribution in [0.25, 0.3) is 0 Å². The van der Waals surface area contributed by atoms with Gasteiger partial charge in [-0.3, -0.25) is 14.8 Å². The van der Waals surface area contributed by atoms with Gasteiger partial charge in [-0.1, -0.05) is 0 Å². The lowest BCUT2D eigenvalue weighted by Crippen LogP contribution is -2.14. The predicted octanol–water partition coefficient (Wildman–Crippen LogP) is 4.54. The normalized spacial score (nSPS) is 11.0. The number of carbonyl (C=O) groups excluding carboxylic acids is 1. The third-order valence-corrected chi connectivity index (χ3v) is 3.31. The average molecular weight is 359 g/mol. The van der Waals surface area contributed by atoms with Gasteiger partial charge in [-0.2, -0.15) is 13.2 Å². The second kappa shape index (κ2) is 7.22. The van der Waals surface area contributed by atoms with Crippen LogP contribution in [0.4, 0.5) is 18.9 Å². The van der Waals surface area contributed by atoms with Crippen LogP contribution in [0, 0.1) is 0 Å². The molecular formula is C18H12F3N3O2. The summed E-state index contributed by atoms with van der Waals surface area (Å²) in [5.41, 5.74) is -0.557. The van der Waals surface area contributed by atoms with Crippen molar-refractivity contribution in [3.63, 3.8) is 0 Å². The molecule has 0 aliphatic rings. The third kappa shape index (κ3) is 4.35. The molecule has 26 heavy (non-hydrogen) atoms. The largest absolute Gasteiger partial charge is 0.457 e. The highest BCUT2D eigenvalue weighted by Crippen LogP contribution is 2.27. The maximum Gasteiger partial charge on any atom is 0.433 e. The van der Waals surface area contributed by atoms with Crippen molar-refractivity contribution in [1.29, 1.82) is 0 Å². The molecular weight excluding hydrogens is 347 g/mol. The van der Waals surface area contributed by atoms with Crippen molar-refractivity contribution < 1.29 is 22.7 Å². The zero-order chi connectivity index (χ0) is 18.6. The summed E-state index contributed by atoms with van der Waals surface area (Å²) in [6, 6.07) is 11.8. The number of hydrogen-bond donors (Lipinski definition) is 1. The van der Waals surface area contributed by atoms with Crippen LogP contribution in [-0.4, -0.2) is 15.9 Å². The highest BCUT2D eigenvalue weighted by molar-refractivity contribution is 6.04. The number of pyridine rings is 2. The number of hydrogen-bond acceptors (Lipinski definition) is 4. The standard InChI is InChI=1S/C18H12F3N3O2/c19-18(20,21)16-6-1-12(11-23-16)17(25)24-13-2-4-14(5-3-13)26-15-7-9-22-10-8-15/h1-11H,(H,24,25). The first kappa shape index (κ1) is 17.4. The lowest BCUT2D eigenvalue weighted by molar-refractivity contribution is -0.141. The zero-order valence-electron chi connectivity index (χ0n) is 13.2. The molecule has 0 aliphatic carbocycles. The Morgan fingerprint density at radius 2 is 1.58 bits per heavy atom. The van der Waals surface area contributed by atoms with Crippen molar-refractivity contribution in [2.75, 3.05) is 5.32 Å². The Kier molecular flexibility index (Phi) is 4.83. The monoisotopic (exact) mass is 359 g/mol. The van der Waals surface area contributed by atoms with E-state index in [1.54, 1.807) is 48.8 Å². The minimum Gasteiger partial charge on any atom is -0.457 e. The number of nitrogens with zero attached hydrogens (tertiary/aromatic N) is 2. The topological polar surface area (TPSA) is 64.1 Å². The molecule has 0 spiro atoms. The minimum absolute atomic E-state index is 0.0233. The molecule has 1 N–H and O–H groups in total. The van der Waals surface area contributed by atoms with Gasteiger partial charge in [-0.15, -0.1) is 0 Å². The van der Waals surface area contributed by atoms with Crippen LogP contribution >= 0.6 is 0 Å². The molecule has 2 heterocycles. The van der Waals surface area contributed by atoms with Crippen molar-refractivity contribution >= 4 is 11.6 Å². The number of anilines is 1. The van der Waals surface area contributed by atoms with E-state index in [1.807, 2.05) is 0 Å². The van der Waals surface area contributed by atoms with Gasteiger partial charge in [-0.05, 0) is 48.5 Å². The molecule has 0 bridgehead atoms. The number of alkyl halides is 3. The molecule has 0 saturated heterocycles. The van der Waals surface area contributed by atoms with Crippen LogP contribution in [0.5, 0.6) is 11.5 Å². The molecule has 2 aromatic heterocycles. The Morgan fingerprint density at radius 3 is 2.15 bits per heavy atom.